The number of H-pyrrole nitrogens is 1. The number of carbonyl (C=O) groups excluding carboxylic acids is 1. The number of ether oxygens (including phenoxy) is 1. The molecule has 0 unspecified atom stereocenters. The second-order valence-electron chi connectivity index (χ2n) is 5.14. The normalized spacial score (nSPS) is 10.7. The van der Waals surface area contributed by atoms with Gasteiger partial charge in [0.2, 0.25) is 0 Å². The van der Waals surface area contributed by atoms with Gasteiger partial charge in [-0.1, -0.05) is 29.8 Å². The van der Waals surface area contributed by atoms with E-state index in [9.17, 15) is 4.79 Å². The van der Waals surface area contributed by atoms with Crippen molar-refractivity contribution in [1.82, 2.24) is 10.3 Å². The third-order valence-electron chi connectivity index (χ3n) is 3.54. The van der Waals surface area contributed by atoms with E-state index in [1.165, 1.54) is 0 Å². The SMILES string of the molecule is CCOc1ccccc1CNC(=O)c1cc2cc(Cl)ccc2[nH]1. The van der Waals surface area contributed by atoms with Gasteiger partial charge < -0.3 is 15.0 Å². The van der Waals surface area contributed by atoms with Crippen molar-refractivity contribution in [2.75, 3.05) is 6.61 Å². The predicted octanol–water partition coefficient (Wildman–Crippen LogP) is 4.15. The van der Waals surface area contributed by atoms with E-state index in [1.54, 1.807) is 12.1 Å². The molecule has 0 bridgehead atoms. The number of halogens is 1. The van der Waals surface area contributed by atoms with Crippen LogP contribution in [0.4, 0.5) is 0 Å². The molecule has 4 nitrogen and oxygen atoms in total. The molecule has 0 aliphatic carbocycles. The van der Waals surface area contributed by atoms with E-state index in [4.69, 9.17) is 16.3 Å². The number of hydrogen-bond donors (Lipinski definition) is 2. The second-order valence-corrected chi connectivity index (χ2v) is 5.57. The van der Waals surface area contributed by atoms with Crippen molar-refractivity contribution in [3.63, 3.8) is 0 Å². The highest BCUT2D eigenvalue weighted by molar-refractivity contribution is 6.31. The Morgan fingerprint density at radius 2 is 2.04 bits per heavy atom. The Bertz CT molecular complexity index is 842. The Morgan fingerprint density at radius 3 is 2.87 bits per heavy atom. The molecule has 0 aliphatic heterocycles. The molecular formula is C18H17ClN2O2. The van der Waals surface area contributed by atoms with Gasteiger partial charge in [0.25, 0.3) is 5.91 Å². The molecule has 2 N–H and O–H groups in total. The third-order valence-corrected chi connectivity index (χ3v) is 3.77. The summed E-state index contributed by atoms with van der Waals surface area (Å²) in [6.45, 7) is 2.93. The van der Waals surface area contributed by atoms with Gasteiger partial charge in [0.05, 0.1) is 6.61 Å². The van der Waals surface area contributed by atoms with E-state index in [0.29, 0.717) is 23.9 Å². The van der Waals surface area contributed by atoms with Crippen LogP contribution in [0.15, 0.2) is 48.5 Å². The lowest BCUT2D eigenvalue weighted by Gasteiger charge is -2.10. The largest absolute Gasteiger partial charge is 0.494 e. The van der Waals surface area contributed by atoms with Crippen molar-refractivity contribution in [3.8, 4) is 5.75 Å². The zero-order chi connectivity index (χ0) is 16.2. The molecule has 0 fully saturated rings. The summed E-state index contributed by atoms with van der Waals surface area (Å²) >= 11 is 5.97. The number of fused-ring (bicyclic) bond motifs is 1. The van der Waals surface area contributed by atoms with Gasteiger partial charge in [-0.3, -0.25) is 4.79 Å². The van der Waals surface area contributed by atoms with Crippen molar-refractivity contribution >= 4 is 28.4 Å². The van der Waals surface area contributed by atoms with Crippen LogP contribution in [0.5, 0.6) is 5.75 Å². The average Bonchev–Trinajstić information content (AvgIpc) is 2.97. The number of para-hydroxylation sites is 1. The molecule has 2 aromatic carbocycles. The van der Waals surface area contributed by atoms with Gasteiger partial charge in [-0.05, 0) is 37.3 Å². The van der Waals surface area contributed by atoms with Gasteiger partial charge >= 0.3 is 0 Å². The summed E-state index contributed by atoms with van der Waals surface area (Å²) in [4.78, 5) is 15.4. The lowest BCUT2D eigenvalue weighted by Crippen LogP contribution is -2.23. The Labute approximate surface area is 139 Å². The van der Waals surface area contributed by atoms with Crippen LogP contribution in [0, 0.1) is 0 Å². The molecule has 1 heterocycles. The maximum atomic E-state index is 12.3. The highest BCUT2D eigenvalue weighted by Crippen LogP contribution is 2.21. The summed E-state index contributed by atoms with van der Waals surface area (Å²) in [5.74, 6) is 0.627. The lowest BCUT2D eigenvalue weighted by atomic mass is 10.2. The highest BCUT2D eigenvalue weighted by atomic mass is 35.5. The number of carbonyl (C=O) groups is 1. The van der Waals surface area contributed by atoms with Gasteiger partial charge in [0.1, 0.15) is 11.4 Å². The molecule has 0 spiro atoms. The Balaban J connectivity index is 1.73. The van der Waals surface area contributed by atoms with Crippen molar-refractivity contribution in [2.45, 2.75) is 13.5 Å². The minimum Gasteiger partial charge on any atom is -0.494 e. The van der Waals surface area contributed by atoms with Crippen molar-refractivity contribution in [3.05, 3.63) is 64.8 Å². The Morgan fingerprint density at radius 1 is 1.22 bits per heavy atom. The molecule has 23 heavy (non-hydrogen) atoms. The smallest absolute Gasteiger partial charge is 0.267 e. The van der Waals surface area contributed by atoms with Gasteiger partial charge in [-0.15, -0.1) is 0 Å². The first-order valence-electron chi connectivity index (χ1n) is 7.44. The number of aromatic nitrogens is 1. The zero-order valence-corrected chi connectivity index (χ0v) is 13.5. The molecule has 3 rings (SSSR count). The predicted molar refractivity (Wildman–Crippen MR) is 92.1 cm³/mol. The number of rotatable bonds is 5. The molecule has 0 radical (unpaired) electrons. The molecule has 0 aliphatic rings. The monoisotopic (exact) mass is 328 g/mol. The fourth-order valence-electron chi connectivity index (χ4n) is 2.44. The quantitative estimate of drug-likeness (QED) is 0.739. The van der Waals surface area contributed by atoms with E-state index in [2.05, 4.69) is 10.3 Å². The van der Waals surface area contributed by atoms with Crippen LogP contribution in [0.25, 0.3) is 10.9 Å². The molecule has 3 aromatic rings. The maximum absolute atomic E-state index is 12.3. The number of hydrogen-bond acceptors (Lipinski definition) is 2. The highest BCUT2D eigenvalue weighted by Gasteiger charge is 2.11. The summed E-state index contributed by atoms with van der Waals surface area (Å²) < 4.78 is 5.56. The number of nitrogens with one attached hydrogen (secondary N) is 2. The third kappa shape index (κ3) is 3.48. The van der Waals surface area contributed by atoms with Crippen LogP contribution < -0.4 is 10.1 Å². The minimum absolute atomic E-state index is 0.163. The zero-order valence-electron chi connectivity index (χ0n) is 12.7. The fourth-order valence-corrected chi connectivity index (χ4v) is 2.62. The van der Waals surface area contributed by atoms with Crippen LogP contribution in [0.2, 0.25) is 5.02 Å². The molecule has 1 aromatic heterocycles. The van der Waals surface area contributed by atoms with Gasteiger partial charge in [0, 0.05) is 28.0 Å². The van der Waals surface area contributed by atoms with Gasteiger partial charge in [-0.2, -0.15) is 0 Å². The Hall–Kier alpha value is -2.46. The molecule has 0 saturated heterocycles. The second kappa shape index (κ2) is 6.75. The van der Waals surface area contributed by atoms with Crippen LogP contribution in [-0.2, 0) is 6.54 Å². The van der Waals surface area contributed by atoms with Crippen molar-refractivity contribution in [1.29, 1.82) is 0 Å². The van der Waals surface area contributed by atoms with Gasteiger partial charge in [-0.25, -0.2) is 0 Å². The van der Waals surface area contributed by atoms with E-state index in [0.717, 1.165) is 22.2 Å². The number of aromatic amines is 1. The first kappa shape index (κ1) is 15.4. The molecule has 5 heteroatoms. The summed E-state index contributed by atoms with van der Waals surface area (Å²) in [6.07, 6.45) is 0. The van der Waals surface area contributed by atoms with Gasteiger partial charge in [0.15, 0.2) is 0 Å². The Kier molecular flexibility index (Phi) is 4.53. The van der Waals surface area contributed by atoms with Crippen LogP contribution in [-0.4, -0.2) is 17.5 Å². The van der Waals surface area contributed by atoms with Crippen molar-refractivity contribution in [2.24, 2.45) is 0 Å². The van der Waals surface area contributed by atoms with E-state index in [1.807, 2.05) is 43.3 Å². The van der Waals surface area contributed by atoms with E-state index in [-0.39, 0.29) is 5.91 Å². The summed E-state index contributed by atoms with van der Waals surface area (Å²) in [7, 11) is 0. The van der Waals surface area contributed by atoms with Crippen LogP contribution >= 0.6 is 11.6 Å². The molecule has 118 valence electrons. The number of amides is 1. The van der Waals surface area contributed by atoms with E-state index >= 15 is 0 Å². The summed E-state index contributed by atoms with van der Waals surface area (Å²) in [6, 6.07) is 15.0. The van der Waals surface area contributed by atoms with E-state index < -0.39 is 0 Å². The number of benzene rings is 2. The maximum Gasteiger partial charge on any atom is 0.267 e. The molecule has 0 atom stereocenters. The first-order chi connectivity index (χ1) is 11.2. The summed E-state index contributed by atoms with van der Waals surface area (Å²) in [5.41, 5.74) is 2.34. The topological polar surface area (TPSA) is 54.1 Å². The van der Waals surface area contributed by atoms with Crippen molar-refractivity contribution < 1.29 is 9.53 Å². The minimum atomic E-state index is -0.163. The molecule has 1 amide bonds. The average molecular weight is 329 g/mol. The molecular weight excluding hydrogens is 312 g/mol. The standard InChI is InChI=1S/C18H17ClN2O2/c1-2-23-17-6-4-3-5-12(17)11-20-18(22)16-10-13-9-14(19)7-8-15(13)21-16/h3-10,21H,2,11H2,1H3,(H,20,22). The van der Waals surface area contributed by atoms with Crippen LogP contribution in [0.3, 0.4) is 0 Å². The lowest BCUT2D eigenvalue weighted by molar-refractivity contribution is 0.0946. The molecule has 0 saturated carbocycles. The first-order valence-corrected chi connectivity index (χ1v) is 7.82. The van der Waals surface area contributed by atoms with Crippen LogP contribution in [0.1, 0.15) is 23.0 Å². The summed E-state index contributed by atoms with van der Waals surface area (Å²) in [5, 5.41) is 4.47. The fraction of sp³-hybridized carbons (Fsp3) is 0.167.